The summed E-state index contributed by atoms with van der Waals surface area (Å²) in [6, 6.07) is -0.524. The second kappa shape index (κ2) is 3.76. The summed E-state index contributed by atoms with van der Waals surface area (Å²) in [4.78, 5) is 0. The maximum absolute atomic E-state index is 8.96. The van der Waals surface area contributed by atoms with Gasteiger partial charge in [-0.1, -0.05) is 11.6 Å². The van der Waals surface area contributed by atoms with E-state index in [0.717, 1.165) is 13.0 Å². The van der Waals surface area contributed by atoms with E-state index in [2.05, 4.69) is 5.10 Å². The fraction of sp³-hybridized carbons (Fsp3) is 0.625. The number of ether oxygens (including phenoxy) is 1. The van der Waals surface area contributed by atoms with Crippen molar-refractivity contribution in [3.8, 4) is 5.88 Å². The average Bonchev–Trinajstić information content (AvgIpc) is 2.53. The van der Waals surface area contributed by atoms with Crippen LogP contribution in [0.1, 0.15) is 18.0 Å². The van der Waals surface area contributed by atoms with Gasteiger partial charge in [-0.05, 0) is 0 Å². The van der Waals surface area contributed by atoms with E-state index in [-0.39, 0.29) is 6.61 Å². The van der Waals surface area contributed by atoms with Crippen LogP contribution < -0.4 is 10.5 Å². The van der Waals surface area contributed by atoms with Crippen molar-refractivity contribution in [2.45, 2.75) is 19.0 Å². The van der Waals surface area contributed by atoms with Crippen molar-refractivity contribution < 1.29 is 9.84 Å². The summed E-state index contributed by atoms with van der Waals surface area (Å²) in [7, 11) is 0. The predicted octanol–water partition coefficient (Wildman–Crippen LogP) is 0.311. The van der Waals surface area contributed by atoms with Gasteiger partial charge in [-0.15, -0.1) is 0 Å². The molecule has 0 aromatic carbocycles. The van der Waals surface area contributed by atoms with Crippen molar-refractivity contribution in [3.63, 3.8) is 0 Å². The van der Waals surface area contributed by atoms with Crippen molar-refractivity contribution in [1.29, 1.82) is 0 Å². The molecule has 0 fully saturated rings. The van der Waals surface area contributed by atoms with Crippen LogP contribution in [0.2, 0.25) is 5.15 Å². The number of aryl methyl sites for hydroxylation is 1. The molecule has 0 saturated heterocycles. The summed E-state index contributed by atoms with van der Waals surface area (Å²) in [5.41, 5.74) is 6.30. The van der Waals surface area contributed by atoms with Gasteiger partial charge in [-0.3, -0.25) is 0 Å². The zero-order valence-corrected chi connectivity index (χ0v) is 8.37. The van der Waals surface area contributed by atoms with Gasteiger partial charge in [0.25, 0.3) is 0 Å². The number of nitrogens with zero attached hydrogens (tertiary/aromatic N) is 2. The Hall–Kier alpha value is -0.780. The smallest absolute Gasteiger partial charge is 0.218 e. The lowest BCUT2D eigenvalue weighted by molar-refractivity contribution is 0.220. The van der Waals surface area contributed by atoms with E-state index >= 15 is 0 Å². The Morgan fingerprint density at radius 3 is 3.21 bits per heavy atom. The highest BCUT2D eigenvalue weighted by atomic mass is 35.5. The molecule has 14 heavy (non-hydrogen) atoms. The highest BCUT2D eigenvalue weighted by molar-refractivity contribution is 6.30. The van der Waals surface area contributed by atoms with E-state index < -0.39 is 6.04 Å². The lowest BCUT2D eigenvalue weighted by Crippen LogP contribution is -2.19. The third kappa shape index (κ3) is 1.47. The third-order valence-corrected chi connectivity index (χ3v) is 2.50. The molecular formula is C8H12ClN3O2. The lowest BCUT2D eigenvalue weighted by atomic mass is 10.2. The summed E-state index contributed by atoms with van der Waals surface area (Å²) in [6.45, 7) is 1.27. The molecule has 78 valence electrons. The normalized spacial score (nSPS) is 17.4. The molecule has 6 heteroatoms. The van der Waals surface area contributed by atoms with Crippen LogP contribution in [-0.4, -0.2) is 28.1 Å². The zero-order chi connectivity index (χ0) is 10.1. The zero-order valence-electron chi connectivity index (χ0n) is 7.61. The third-order valence-electron chi connectivity index (χ3n) is 2.22. The van der Waals surface area contributed by atoms with Gasteiger partial charge < -0.3 is 15.6 Å². The van der Waals surface area contributed by atoms with Crippen LogP contribution in [0, 0.1) is 0 Å². The van der Waals surface area contributed by atoms with E-state index in [1.54, 1.807) is 4.68 Å². The van der Waals surface area contributed by atoms with E-state index in [9.17, 15) is 0 Å². The molecular weight excluding hydrogens is 206 g/mol. The molecule has 1 aliphatic heterocycles. The second-order valence-corrected chi connectivity index (χ2v) is 3.58. The van der Waals surface area contributed by atoms with Crippen LogP contribution in [-0.2, 0) is 6.54 Å². The van der Waals surface area contributed by atoms with Gasteiger partial charge in [0.05, 0.1) is 24.8 Å². The monoisotopic (exact) mass is 217 g/mol. The molecule has 1 aromatic heterocycles. The van der Waals surface area contributed by atoms with Crippen molar-refractivity contribution in [3.05, 3.63) is 10.7 Å². The average molecular weight is 218 g/mol. The van der Waals surface area contributed by atoms with E-state index in [1.807, 2.05) is 0 Å². The maximum atomic E-state index is 8.96. The molecule has 0 bridgehead atoms. The number of aliphatic hydroxyl groups excluding tert-OH is 1. The summed E-state index contributed by atoms with van der Waals surface area (Å²) in [5, 5.41) is 13.4. The molecule has 0 spiro atoms. The molecule has 1 aromatic rings. The van der Waals surface area contributed by atoms with E-state index in [1.165, 1.54) is 0 Å². The van der Waals surface area contributed by atoms with Gasteiger partial charge in [-0.2, -0.15) is 5.10 Å². The Kier molecular flexibility index (Phi) is 2.62. The molecule has 3 N–H and O–H groups in total. The van der Waals surface area contributed by atoms with Gasteiger partial charge in [0.2, 0.25) is 5.88 Å². The molecule has 0 radical (unpaired) electrons. The molecule has 0 amide bonds. The van der Waals surface area contributed by atoms with Gasteiger partial charge in [-0.25, -0.2) is 4.68 Å². The Balaban J connectivity index is 2.42. The highest BCUT2D eigenvalue weighted by Crippen LogP contribution is 2.32. The number of halogens is 1. The Bertz CT molecular complexity index is 340. The molecule has 2 rings (SSSR count). The summed E-state index contributed by atoms with van der Waals surface area (Å²) < 4.78 is 7.11. The fourth-order valence-corrected chi connectivity index (χ4v) is 1.83. The van der Waals surface area contributed by atoms with Crippen LogP contribution in [0.3, 0.4) is 0 Å². The van der Waals surface area contributed by atoms with Crippen LogP contribution >= 0.6 is 11.6 Å². The number of aromatic nitrogens is 2. The van der Waals surface area contributed by atoms with E-state index in [0.29, 0.717) is 23.2 Å². The number of hydrogen-bond donors (Lipinski definition) is 2. The minimum atomic E-state index is -0.524. The van der Waals surface area contributed by atoms with Gasteiger partial charge in [0, 0.05) is 13.0 Å². The summed E-state index contributed by atoms with van der Waals surface area (Å²) in [5.74, 6) is 0.600. The first-order valence-electron chi connectivity index (χ1n) is 4.49. The molecule has 1 unspecified atom stereocenters. The minimum absolute atomic E-state index is 0.165. The largest absolute Gasteiger partial charge is 0.477 e. The Morgan fingerprint density at radius 1 is 1.71 bits per heavy atom. The van der Waals surface area contributed by atoms with Crippen LogP contribution in [0.15, 0.2) is 0 Å². The Morgan fingerprint density at radius 2 is 2.50 bits per heavy atom. The standard InChI is InChI=1S/C8H12ClN3O2/c9-7-6(5(10)4-13)8-12(11-7)2-1-3-14-8/h5,13H,1-4,10H2. The predicted molar refractivity (Wildman–Crippen MR) is 51.4 cm³/mol. The first-order valence-corrected chi connectivity index (χ1v) is 4.87. The topological polar surface area (TPSA) is 73.3 Å². The van der Waals surface area contributed by atoms with Gasteiger partial charge >= 0.3 is 0 Å². The second-order valence-electron chi connectivity index (χ2n) is 3.22. The number of hydrogen-bond acceptors (Lipinski definition) is 4. The minimum Gasteiger partial charge on any atom is -0.477 e. The molecule has 5 nitrogen and oxygen atoms in total. The fourth-order valence-electron chi connectivity index (χ4n) is 1.52. The van der Waals surface area contributed by atoms with Crippen molar-refractivity contribution in [1.82, 2.24) is 9.78 Å². The molecule has 1 aliphatic rings. The molecule has 1 atom stereocenters. The first-order chi connectivity index (χ1) is 6.74. The van der Waals surface area contributed by atoms with Crippen molar-refractivity contribution in [2.24, 2.45) is 5.73 Å². The number of nitrogens with two attached hydrogens (primary N) is 1. The number of aliphatic hydroxyl groups is 1. The van der Waals surface area contributed by atoms with E-state index in [4.69, 9.17) is 27.2 Å². The van der Waals surface area contributed by atoms with Crippen molar-refractivity contribution in [2.75, 3.05) is 13.2 Å². The van der Waals surface area contributed by atoms with Crippen molar-refractivity contribution >= 4 is 11.6 Å². The number of rotatable bonds is 2. The van der Waals surface area contributed by atoms with Gasteiger partial charge in [0.1, 0.15) is 0 Å². The van der Waals surface area contributed by atoms with Crippen LogP contribution in [0.4, 0.5) is 0 Å². The van der Waals surface area contributed by atoms with Crippen LogP contribution in [0.25, 0.3) is 0 Å². The number of fused-ring (bicyclic) bond motifs is 1. The highest BCUT2D eigenvalue weighted by Gasteiger charge is 2.24. The SMILES string of the molecule is NC(CO)c1c(Cl)nn2c1OCCC2. The molecule has 2 heterocycles. The summed E-state index contributed by atoms with van der Waals surface area (Å²) >= 11 is 5.91. The first kappa shape index (κ1) is 9.76. The summed E-state index contributed by atoms with van der Waals surface area (Å²) in [6.07, 6.45) is 0.915. The quantitative estimate of drug-likeness (QED) is 0.748. The molecule has 0 saturated carbocycles. The Labute approximate surface area is 86.4 Å². The molecule has 0 aliphatic carbocycles. The lowest BCUT2D eigenvalue weighted by Gasteiger charge is -2.17. The van der Waals surface area contributed by atoms with Gasteiger partial charge in [0.15, 0.2) is 5.15 Å². The van der Waals surface area contributed by atoms with Crippen LogP contribution in [0.5, 0.6) is 5.88 Å². The maximum Gasteiger partial charge on any atom is 0.218 e.